The molecule has 38 heavy (non-hydrogen) atoms. The maximum Gasteiger partial charge on any atom is 0.112 e. The molecule has 0 aromatic heterocycles. The van der Waals surface area contributed by atoms with Gasteiger partial charge in [0.15, 0.2) is 0 Å². The van der Waals surface area contributed by atoms with Crippen molar-refractivity contribution in [3.05, 3.63) is 0 Å². The van der Waals surface area contributed by atoms with Gasteiger partial charge in [-0.1, -0.05) is 34.6 Å². The molecule has 13 unspecified atom stereocenters. The lowest BCUT2D eigenvalue weighted by Crippen LogP contribution is -2.60. The Morgan fingerprint density at radius 3 is 2.26 bits per heavy atom. The van der Waals surface area contributed by atoms with Crippen LogP contribution in [0.2, 0.25) is 0 Å². The van der Waals surface area contributed by atoms with E-state index in [0.29, 0.717) is 41.1 Å². The molecule has 5 saturated carbocycles. The maximum absolute atomic E-state index is 12.5. The van der Waals surface area contributed by atoms with E-state index in [4.69, 9.17) is 9.47 Å². The van der Waals surface area contributed by atoms with Gasteiger partial charge in [-0.25, -0.2) is 0 Å². The van der Waals surface area contributed by atoms with Crippen LogP contribution in [0.5, 0.6) is 0 Å². The molecule has 1 saturated heterocycles. The molecular weight excluding hydrogens is 476 g/mol. The molecule has 5 heteroatoms. The molecule has 6 aliphatic rings. The minimum Gasteiger partial charge on any atom is -0.393 e. The van der Waals surface area contributed by atoms with Crippen LogP contribution in [0.1, 0.15) is 113 Å². The van der Waals surface area contributed by atoms with Crippen LogP contribution in [0, 0.1) is 50.7 Å². The van der Waals surface area contributed by atoms with Gasteiger partial charge in [0.2, 0.25) is 0 Å². The van der Waals surface area contributed by atoms with Crippen molar-refractivity contribution >= 4 is 0 Å². The van der Waals surface area contributed by atoms with Crippen LogP contribution in [0.3, 0.4) is 0 Å². The van der Waals surface area contributed by atoms with Gasteiger partial charge in [-0.15, -0.1) is 0 Å². The zero-order valence-electron chi connectivity index (χ0n) is 25.4. The van der Waals surface area contributed by atoms with Crippen LogP contribution >= 0.6 is 0 Å². The maximum atomic E-state index is 12.5. The summed E-state index contributed by atoms with van der Waals surface area (Å²) in [5.41, 5.74) is -0.455. The van der Waals surface area contributed by atoms with Crippen molar-refractivity contribution in [2.75, 3.05) is 6.61 Å². The first-order valence-corrected chi connectivity index (χ1v) is 16.0. The van der Waals surface area contributed by atoms with Crippen LogP contribution < -0.4 is 0 Å². The smallest absolute Gasteiger partial charge is 0.112 e. The second kappa shape index (κ2) is 8.43. The fourth-order valence-corrected chi connectivity index (χ4v) is 13.0. The van der Waals surface area contributed by atoms with Gasteiger partial charge in [0.25, 0.3) is 0 Å². The highest BCUT2D eigenvalue weighted by Crippen LogP contribution is 2.89. The van der Waals surface area contributed by atoms with Crippen molar-refractivity contribution in [2.45, 2.75) is 149 Å². The number of aliphatic hydroxyl groups excluding tert-OH is 2. The number of hydrogen-bond acceptors (Lipinski definition) is 5. The molecule has 6 rings (SSSR count). The number of aliphatic hydroxyl groups is 3. The normalized spacial score (nSPS) is 55.7. The van der Waals surface area contributed by atoms with Crippen LogP contribution in [-0.2, 0) is 9.47 Å². The highest BCUT2D eigenvalue weighted by atomic mass is 16.6. The molecule has 5 aliphatic carbocycles. The fraction of sp³-hybridized carbons (Fsp3) is 1.00. The Labute approximate surface area is 231 Å². The van der Waals surface area contributed by atoms with E-state index in [1.165, 1.54) is 32.1 Å². The predicted octanol–water partition coefficient (Wildman–Crippen LogP) is 5.73. The van der Waals surface area contributed by atoms with Crippen molar-refractivity contribution in [3.8, 4) is 0 Å². The summed E-state index contributed by atoms with van der Waals surface area (Å²) >= 11 is 0. The molecule has 2 spiro atoms. The van der Waals surface area contributed by atoms with E-state index in [0.717, 1.165) is 25.7 Å². The van der Waals surface area contributed by atoms with Crippen molar-refractivity contribution < 1.29 is 24.8 Å². The molecule has 0 aromatic carbocycles. The summed E-state index contributed by atoms with van der Waals surface area (Å²) in [5.74, 6) is 1.84. The first-order chi connectivity index (χ1) is 17.7. The molecule has 0 amide bonds. The molecule has 5 nitrogen and oxygen atoms in total. The summed E-state index contributed by atoms with van der Waals surface area (Å²) in [6.07, 6.45) is 8.65. The van der Waals surface area contributed by atoms with Crippen LogP contribution in [0.25, 0.3) is 0 Å². The van der Waals surface area contributed by atoms with Gasteiger partial charge in [0, 0.05) is 12.0 Å². The number of fused-ring (bicyclic) bond motifs is 4. The Morgan fingerprint density at radius 2 is 1.63 bits per heavy atom. The van der Waals surface area contributed by atoms with E-state index in [1.807, 2.05) is 20.8 Å². The molecule has 0 bridgehead atoms. The Morgan fingerprint density at radius 1 is 0.974 bits per heavy atom. The molecule has 1 aliphatic heterocycles. The summed E-state index contributed by atoms with van der Waals surface area (Å²) in [4.78, 5) is 0. The topological polar surface area (TPSA) is 79.2 Å². The molecule has 218 valence electrons. The molecule has 1 heterocycles. The lowest BCUT2D eigenvalue weighted by Gasteiger charge is -2.64. The van der Waals surface area contributed by atoms with E-state index in [9.17, 15) is 15.3 Å². The third-order valence-electron chi connectivity index (χ3n) is 14.5. The zero-order chi connectivity index (χ0) is 27.7. The minimum absolute atomic E-state index is 0.0224. The Kier molecular flexibility index (Phi) is 6.20. The summed E-state index contributed by atoms with van der Waals surface area (Å²) in [6, 6.07) is 0. The molecule has 3 N–H and O–H groups in total. The lowest BCUT2D eigenvalue weighted by molar-refractivity contribution is -0.215. The largest absolute Gasteiger partial charge is 0.393 e. The Hall–Kier alpha value is -0.200. The SMILES string of the molecule is CCOC(C1CC(C)C2C(O1)C(O)C1(C)C3CCC4C(C)(C)C(O)CCC45CC35CCC21CC)C(C)(C)O. The van der Waals surface area contributed by atoms with Crippen molar-refractivity contribution in [1.82, 2.24) is 0 Å². The van der Waals surface area contributed by atoms with Crippen molar-refractivity contribution in [3.63, 3.8) is 0 Å². The van der Waals surface area contributed by atoms with E-state index in [-0.39, 0.29) is 34.6 Å². The highest BCUT2D eigenvalue weighted by molar-refractivity contribution is 5.33. The van der Waals surface area contributed by atoms with Crippen LogP contribution in [-0.4, -0.2) is 58.0 Å². The van der Waals surface area contributed by atoms with Gasteiger partial charge >= 0.3 is 0 Å². The average Bonchev–Trinajstić information content (AvgIpc) is 3.47. The van der Waals surface area contributed by atoms with Crippen LogP contribution in [0.4, 0.5) is 0 Å². The minimum atomic E-state index is -1.00. The molecule has 6 fully saturated rings. The van der Waals surface area contributed by atoms with Gasteiger partial charge in [-0.2, -0.15) is 0 Å². The molecule has 0 aromatic rings. The van der Waals surface area contributed by atoms with E-state index in [2.05, 4.69) is 34.6 Å². The standard InChI is InChI=1S/C33H56O5/c1-9-31-15-16-33-18-32(33)14-13-23(34)28(4,5)21(32)11-12-22(33)30(31,8)26(35)25-24(31)19(3)17-20(38-25)27(37-10-2)29(6,7)36/h19-27,34-36H,9-18H2,1-8H3. The molecular formula is C33H56O5. The van der Waals surface area contributed by atoms with E-state index >= 15 is 0 Å². The van der Waals surface area contributed by atoms with Gasteiger partial charge < -0.3 is 24.8 Å². The monoisotopic (exact) mass is 532 g/mol. The van der Waals surface area contributed by atoms with E-state index in [1.54, 1.807) is 0 Å². The third kappa shape index (κ3) is 3.12. The quantitative estimate of drug-likeness (QED) is 0.422. The first-order valence-electron chi connectivity index (χ1n) is 16.0. The van der Waals surface area contributed by atoms with Crippen molar-refractivity contribution in [1.29, 1.82) is 0 Å². The van der Waals surface area contributed by atoms with Crippen LogP contribution in [0.15, 0.2) is 0 Å². The molecule has 0 radical (unpaired) electrons. The Balaban J connectivity index is 1.37. The number of ether oxygens (including phenoxy) is 2. The fourth-order valence-electron chi connectivity index (χ4n) is 13.0. The average molecular weight is 533 g/mol. The van der Waals surface area contributed by atoms with Gasteiger partial charge in [0.05, 0.1) is 30.0 Å². The van der Waals surface area contributed by atoms with Gasteiger partial charge in [0.1, 0.15) is 6.10 Å². The second-order valence-corrected chi connectivity index (χ2v) is 16.2. The van der Waals surface area contributed by atoms with E-state index < -0.39 is 17.8 Å². The molecule has 13 atom stereocenters. The number of rotatable bonds is 5. The zero-order valence-corrected chi connectivity index (χ0v) is 25.4. The summed E-state index contributed by atoms with van der Waals surface area (Å²) < 4.78 is 13.0. The lowest BCUT2D eigenvalue weighted by atomic mass is 9.40. The highest BCUT2D eigenvalue weighted by Gasteiger charge is 2.85. The summed E-state index contributed by atoms with van der Waals surface area (Å²) in [7, 11) is 0. The summed E-state index contributed by atoms with van der Waals surface area (Å²) in [5, 5.41) is 34.4. The third-order valence-corrected chi connectivity index (χ3v) is 14.5. The first kappa shape index (κ1) is 27.9. The predicted molar refractivity (Wildman–Crippen MR) is 148 cm³/mol. The summed E-state index contributed by atoms with van der Waals surface area (Å²) in [6.45, 7) is 18.0. The van der Waals surface area contributed by atoms with Crippen molar-refractivity contribution in [2.24, 2.45) is 50.7 Å². The van der Waals surface area contributed by atoms with Gasteiger partial charge in [-0.3, -0.25) is 0 Å². The number of hydrogen-bond donors (Lipinski definition) is 3. The van der Waals surface area contributed by atoms with Gasteiger partial charge in [-0.05, 0) is 124 Å². The second-order valence-electron chi connectivity index (χ2n) is 16.2. The Bertz CT molecular complexity index is 942.